The number of anilines is 3. The van der Waals surface area contributed by atoms with Gasteiger partial charge in [-0.25, -0.2) is 9.37 Å². The number of rotatable bonds is 2. The molecule has 3 nitrogen and oxygen atoms in total. The van der Waals surface area contributed by atoms with Crippen molar-refractivity contribution in [3.8, 4) is 0 Å². The van der Waals surface area contributed by atoms with E-state index in [4.69, 9.17) is 5.73 Å². The highest BCUT2D eigenvalue weighted by Gasteiger charge is 1.96. The molecule has 0 bridgehead atoms. The van der Waals surface area contributed by atoms with Crippen LogP contribution in [0.25, 0.3) is 0 Å². The summed E-state index contributed by atoms with van der Waals surface area (Å²) >= 11 is 0. The lowest BCUT2D eigenvalue weighted by atomic mass is 10.3. The molecule has 0 aliphatic rings. The van der Waals surface area contributed by atoms with Crippen LogP contribution < -0.4 is 11.1 Å². The fourth-order valence-electron chi connectivity index (χ4n) is 1.21. The summed E-state index contributed by atoms with van der Waals surface area (Å²) < 4.78 is 12.9. The number of hydrogen-bond acceptors (Lipinski definition) is 3. The van der Waals surface area contributed by atoms with Crippen LogP contribution >= 0.6 is 0 Å². The molecule has 3 N–H and O–H groups in total. The topological polar surface area (TPSA) is 50.9 Å². The quantitative estimate of drug-likeness (QED) is 0.788. The highest BCUT2D eigenvalue weighted by atomic mass is 19.1. The Labute approximate surface area is 86.8 Å². The molecular formula is C11H10FN3. The number of pyridine rings is 1. The predicted octanol–water partition coefficient (Wildman–Crippen LogP) is 2.55. The van der Waals surface area contributed by atoms with E-state index in [-0.39, 0.29) is 5.82 Å². The molecular weight excluding hydrogens is 193 g/mol. The maximum atomic E-state index is 12.9. The van der Waals surface area contributed by atoms with Gasteiger partial charge >= 0.3 is 0 Å². The summed E-state index contributed by atoms with van der Waals surface area (Å²) in [6.45, 7) is 0. The van der Waals surface area contributed by atoms with Crippen molar-refractivity contribution in [2.75, 3.05) is 11.1 Å². The first kappa shape index (κ1) is 9.45. The van der Waals surface area contributed by atoms with Gasteiger partial charge in [-0.05, 0) is 30.3 Å². The minimum atomic E-state index is -0.275. The zero-order valence-corrected chi connectivity index (χ0v) is 7.94. The van der Waals surface area contributed by atoms with Gasteiger partial charge in [-0.15, -0.1) is 0 Å². The van der Waals surface area contributed by atoms with Gasteiger partial charge in [0.1, 0.15) is 11.6 Å². The molecule has 0 aliphatic heterocycles. The van der Waals surface area contributed by atoms with E-state index in [2.05, 4.69) is 10.3 Å². The van der Waals surface area contributed by atoms with Crippen molar-refractivity contribution in [2.45, 2.75) is 0 Å². The van der Waals surface area contributed by atoms with E-state index in [1.807, 2.05) is 0 Å². The highest BCUT2D eigenvalue weighted by molar-refractivity contribution is 5.59. The number of hydrogen-bond donors (Lipinski definition) is 2. The lowest BCUT2D eigenvalue weighted by Crippen LogP contribution is -1.93. The number of nitrogens with two attached hydrogens (primary N) is 1. The van der Waals surface area contributed by atoms with Crippen molar-refractivity contribution in [1.29, 1.82) is 0 Å². The Kier molecular flexibility index (Phi) is 2.49. The van der Waals surface area contributed by atoms with Gasteiger partial charge in [-0.3, -0.25) is 0 Å². The van der Waals surface area contributed by atoms with Crippen LogP contribution in [0, 0.1) is 5.82 Å². The molecule has 1 heterocycles. The summed E-state index contributed by atoms with van der Waals surface area (Å²) in [4.78, 5) is 3.92. The zero-order chi connectivity index (χ0) is 10.7. The molecule has 1 aromatic carbocycles. The summed E-state index contributed by atoms with van der Waals surface area (Å²) in [5.41, 5.74) is 6.90. The van der Waals surface area contributed by atoms with E-state index in [1.165, 1.54) is 12.1 Å². The minimum Gasteiger partial charge on any atom is -0.384 e. The average molecular weight is 203 g/mol. The van der Waals surface area contributed by atoms with Gasteiger partial charge in [0.2, 0.25) is 0 Å². The van der Waals surface area contributed by atoms with Crippen LogP contribution in [0.15, 0.2) is 42.6 Å². The third-order valence-corrected chi connectivity index (χ3v) is 1.90. The summed E-state index contributed by atoms with van der Waals surface area (Å²) in [5.74, 6) is 0.184. The summed E-state index contributed by atoms with van der Waals surface area (Å²) in [6, 6.07) is 9.69. The first-order chi connectivity index (χ1) is 7.24. The standard InChI is InChI=1S/C11H10FN3/c12-8-2-1-3-9(6-8)15-10-4-5-11(13)14-7-10/h1-7,15H,(H2,13,14). The number of benzene rings is 1. The summed E-state index contributed by atoms with van der Waals surface area (Å²) in [7, 11) is 0. The zero-order valence-electron chi connectivity index (χ0n) is 7.94. The number of nitrogens with zero attached hydrogens (tertiary/aromatic N) is 1. The maximum Gasteiger partial charge on any atom is 0.125 e. The minimum absolute atomic E-state index is 0.275. The largest absolute Gasteiger partial charge is 0.384 e. The van der Waals surface area contributed by atoms with Crippen LogP contribution in [-0.2, 0) is 0 Å². The Bertz CT molecular complexity index is 454. The van der Waals surface area contributed by atoms with E-state index in [9.17, 15) is 4.39 Å². The van der Waals surface area contributed by atoms with E-state index >= 15 is 0 Å². The molecule has 0 radical (unpaired) electrons. The van der Waals surface area contributed by atoms with Gasteiger partial charge in [0.25, 0.3) is 0 Å². The van der Waals surface area contributed by atoms with E-state index in [1.54, 1.807) is 30.5 Å². The molecule has 0 atom stereocenters. The third-order valence-electron chi connectivity index (χ3n) is 1.90. The van der Waals surface area contributed by atoms with Gasteiger partial charge in [0.05, 0.1) is 11.9 Å². The molecule has 2 rings (SSSR count). The van der Waals surface area contributed by atoms with Crippen molar-refractivity contribution in [3.63, 3.8) is 0 Å². The van der Waals surface area contributed by atoms with Crippen LogP contribution in [0.1, 0.15) is 0 Å². The van der Waals surface area contributed by atoms with E-state index < -0.39 is 0 Å². The smallest absolute Gasteiger partial charge is 0.125 e. The average Bonchev–Trinajstić information content (AvgIpc) is 2.22. The molecule has 15 heavy (non-hydrogen) atoms. The van der Waals surface area contributed by atoms with Crippen LogP contribution in [0.5, 0.6) is 0 Å². The first-order valence-electron chi connectivity index (χ1n) is 4.48. The molecule has 0 aliphatic carbocycles. The number of halogens is 1. The van der Waals surface area contributed by atoms with Crippen molar-refractivity contribution < 1.29 is 4.39 Å². The first-order valence-corrected chi connectivity index (χ1v) is 4.48. The van der Waals surface area contributed by atoms with Crippen LogP contribution in [-0.4, -0.2) is 4.98 Å². The van der Waals surface area contributed by atoms with Crippen LogP contribution in [0.3, 0.4) is 0 Å². The second kappa shape index (κ2) is 3.96. The SMILES string of the molecule is Nc1ccc(Nc2cccc(F)c2)cn1. The van der Waals surface area contributed by atoms with Gasteiger partial charge in [0, 0.05) is 5.69 Å². The number of nitrogens with one attached hydrogen (secondary N) is 1. The molecule has 1 aromatic heterocycles. The highest BCUT2D eigenvalue weighted by Crippen LogP contribution is 2.16. The molecule has 76 valence electrons. The van der Waals surface area contributed by atoms with Gasteiger partial charge in [0.15, 0.2) is 0 Å². The molecule has 0 amide bonds. The van der Waals surface area contributed by atoms with Crippen molar-refractivity contribution in [3.05, 3.63) is 48.4 Å². The fraction of sp³-hybridized carbons (Fsp3) is 0. The molecule has 0 fully saturated rings. The molecule has 4 heteroatoms. The number of nitrogen functional groups attached to an aromatic ring is 1. The Balaban J connectivity index is 2.18. The Hall–Kier alpha value is -2.10. The Morgan fingerprint density at radius 1 is 1.13 bits per heavy atom. The van der Waals surface area contributed by atoms with E-state index in [0.29, 0.717) is 11.5 Å². The Morgan fingerprint density at radius 2 is 2.00 bits per heavy atom. The van der Waals surface area contributed by atoms with Crippen molar-refractivity contribution in [1.82, 2.24) is 4.98 Å². The summed E-state index contributed by atoms with van der Waals surface area (Å²) in [5, 5.41) is 3.01. The maximum absolute atomic E-state index is 12.9. The molecule has 2 aromatic rings. The lowest BCUT2D eigenvalue weighted by molar-refractivity contribution is 0.628. The van der Waals surface area contributed by atoms with Crippen molar-refractivity contribution >= 4 is 17.2 Å². The molecule has 0 saturated carbocycles. The van der Waals surface area contributed by atoms with Gasteiger partial charge < -0.3 is 11.1 Å². The predicted molar refractivity (Wildman–Crippen MR) is 58.3 cm³/mol. The molecule has 0 spiro atoms. The van der Waals surface area contributed by atoms with E-state index in [0.717, 1.165) is 5.69 Å². The van der Waals surface area contributed by atoms with Crippen LogP contribution in [0.2, 0.25) is 0 Å². The number of aromatic nitrogens is 1. The summed E-state index contributed by atoms with van der Waals surface area (Å²) in [6.07, 6.45) is 1.60. The molecule has 0 unspecified atom stereocenters. The van der Waals surface area contributed by atoms with Gasteiger partial charge in [-0.2, -0.15) is 0 Å². The fourth-order valence-corrected chi connectivity index (χ4v) is 1.21. The molecule has 0 saturated heterocycles. The normalized spacial score (nSPS) is 9.93. The van der Waals surface area contributed by atoms with Crippen molar-refractivity contribution in [2.24, 2.45) is 0 Å². The third kappa shape index (κ3) is 2.43. The second-order valence-electron chi connectivity index (χ2n) is 3.11. The monoisotopic (exact) mass is 203 g/mol. The second-order valence-corrected chi connectivity index (χ2v) is 3.11. The lowest BCUT2D eigenvalue weighted by Gasteiger charge is -2.05. The van der Waals surface area contributed by atoms with Crippen LogP contribution in [0.4, 0.5) is 21.6 Å². The Morgan fingerprint density at radius 3 is 2.67 bits per heavy atom. The van der Waals surface area contributed by atoms with Gasteiger partial charge in [-0.1, -0.05) is 6.07 Å².